The van der Waals surface area contributed by atoms with E-state index in [9.17, 15) is 19.5 Å². The first-order chi connectivity index (χ1) is 9.93. The number of carbonyl (C=O) groups excluding carboxylic acids is 3. The Morgan fingerprint density at radius 2 is 1.95 bits per heavy atom. The van der Waals surface area contributed by atoms with Gasteiger partial charge in [0.1, 0.15) is 11.8 Å². The fourth-order valence-corrected chi connectivity index (χ4v) is 2.72. The average molecular weight is 307 g/mol. The van der Waals surface area contributed by atoms with Crippen LogP contribution in [-0.4, -0.2) is 40.3 Å². The van der Waals surface area contributed by atoms with Gasteiger partial charge in [-0.3, -0.25) is 14.5 Å². The topological polar surface area (TPSA) is 83.9 Å². The maximum Gasteiger partial charge on any atom is 0.328 e. The molecule has 1 N–H and O–H groups in total. The largest absolute Gasteiger partial charge is 0.508 e. The number of benzene rings is 1. The molecule has 110 valence electrons. The molecule has 0 aromatic heterocycles. The third kappa shape index (κ3) is 3.08. The molecule has 1 aliphatic rings. The number of carbonyl (C=O) groups is 3. The lowest BCUT2D eigenvalue weighted by Gasteiger charge is -2.18. The maximum atomic E-state index is 12.2. The zero-order valence-corrected chi connectivity index (χ0v) is 12.2. The second-order valence-corrected chi connectivity index (χ2v) is 5.34. The van der Waals surface area contributed by atoms with Crippen molar-refractivity contribution in [2.45, 2.75) is 13.0 Å². The molecule has 0 saturated carbocycles. The summed E-state index contributed by atoms with van der Waals surface area (Å²) < 4.78 is 4.55. The van der Waals surface area contributed by atoms with E-state index in [1.807, 2.05) is 0 Å². The molecule has 1 aromatic rings. The quantitative estimate of drug-likeness (QED) is 0.679. The van der Waals surface area contributed by atoms with Crippen LogP contribution in [0.25, 0.3) is 6.08 Å². The number of amides is 2. The molecule has 7 heteroatoms. The van der Waals surface area contributed by atoms with Crippen molar-refractivity contribution in [3.63, 3.8) is 0 Å². The number of hydrogen-bond acceptors (Lipinski definition) is 6. The summed E-state index contributed by atoms with van der Waals surface area (Å²) in [6, 6.07) is 5.23. The van der Waals surface area contributed by atoms with Gasteiger partial charge in [0.2, 0.25) is 0 Å². The molecule has 21 heavy (non-hydrogen) atoms. The van der Waals surface area contributed by atoms with E-state index in [1.54, 1.807) is 12.1 Å². The number of methoxy groups -OCH3 is 1. The van der Waals surface area contributed by atoms with Crippen molar-refractivity contribution in [2.24, 2.45) is 0 Å². The van der Waals surface area contributed by atoms with E-state index in [0.29, 0.717) is 5.56 Å². The minimum Gasteiger partial charge on any atom is -0.508 e. The Hall–Kier alpha value is -2.28. The Balaban J connectivity index is 2.25. The van der Waals surface area contributed by atoms with Crippen molar-refractivity contribution in [3.05, 3.63) is 34.7 Å². The van der Waals surface area contributed by atoms with Crippen LogP contribution in [0, 0.1) is 0 Å². The summed E-state index contributed by atoms with van der Waals surface area (Å²) in [5.41, 5.74) is 0.670. The van der Waals surface area contributed by atoms with Gasteiger partial charge in [0.05, 0.1) is 12.0 Å². The van der Waals surface area contributed by atoms with E-state index < -0.39 is 23.2 Å². The number of nitrogens with zero attached hydrogens (tertiary/aromatic N) is 1. The van der Waals surface area contributed by atoms with Gasteiger partial charge in [-0.15, -0.1) is 0 Å². The van der Waals surface area contributed by atoms with Gasteiger partial charge in [-0.05, 0) is 42.5 Å². The lowest BCUT2D eigenvalue weighted by molar-refractivity contribution is -0.148. The van der Waals surface area contributed by atoms with Gasteiger partial charge in [0, 0.05) is 0 Å². The molecule has 2 amide bonds. The molecule has 0 aliphatic carbocycles. The number of thioether (sulfide) groups is 1. The van der Waals surface area contributed by atoms with Crippen molar-refractivity contribution in [2.75, 3.05) is 7.11 Å². The van der Waals surface area contributed by atoms with E-state index in [1.165, 1.54) is 32.2 Å². The first-order valence-electron chi connectivity index (χ1n) is 6.08. The molecule has 2 rings (SSSR count). The molecule has 1 atom stereocenters. The third-order valence-corrected chi connectivity index (χ3v) is 3.83. The highest BCUT2D eigenvalue weighted by Gasteiger charge is 2.41. The minimum atomic E-state index is -0.965. The lowest BCUT2D eigenvalue weighted by Crippen LogP contribution is -2.42. The van der Waals surface area contributed by atoms with Crippen LogP contribution in [-0.2, 0) is 14.3 Å². The number of phenols is 1. The van der Waals surface area contributed by atoms with Gasteiger partial charge in [-0.25, -0.2) is 4.79 Å². The molecular formula is C14H13NO5S. The van der Waals surface area contributed by atoms with E-state index >= 15 is 0 Å². The van der Waals surface area contributed by atoms with Crippen molar-refractivity contribution in [1.82, 2.24) is 4.90 Å². The minimum absolute atomic E-state index is 0.111. The van der Waals surface area contributed by atoms with Crippen molar-refractivity contribution in [1.29, 1.82) is 0 Å². The Morgan fingerprint density at radius 3 is 2.52 bits per heavy atom. The number of imide groups is 1. The standard InChI is InChI=1S/C14H13NO5S/c1-8(13(18)20-2)15-12(17)11(21-14(15)19)7-9-3-5-10(16)6-4-9/h3-8,16H,1-2H3/b11-7+/t8-/m0/s1. The molecule has 1 aliphatic heterocycles. The van der Waals surface area contributed by atoms with Crippen LogP contribution in [0.15, 0.2) is 29.2 Å². The number of phenolic OH excluding ortho intramolecular Hbond substituents is 1. The van der Waals surface area contributed by atoms with Crippen molar-refractivity contribution >= 4 is 35.0 Å². The second kappa shape index (κ2) is 6.01. The molecule has 6 nitrogen and oxygen atoms in total. The van der Waals surface area contributed by atoms with E-state index in [-0.39, 0.29) is 10.7 Å². The highest BCUT2D eigenvalue weighted by atomic mass is 32.2. The molecule has 0 radical (unpaired) electrons. The van der Waals surface area contributed by atoms with Crippen LogP contribution in [0.5, 0.6) is 5.75 Å². The van der Waals surface area contributed by atoms with Crippen LogP contribution in [0.2, 0.25) is 0 Å². The highest BCUT2D eigenvalue weighted by Crippen LogP contribution is 2.33. The number of ether oxygens (including phenoxy) is 1. The Labute approximate surface area is 125 Å². The molecule has 1 saturated heterocycles. The number of esters is 1. The number of aromatic hydroxyl groups is 1. The number of hydrogen-bond donors (Lipinski definition) is 1. The molecule has 1 heterocycles. The predicted octanol–water partition coefficient (Wildman–Crippen LogP) is 1.99. The van der Waals surface area contributed by atoms with Crippen LogP contribution < -0.4 is 0 Å². The van der Waals surface area contributed by atoms with E-state index in [2.05, 4.69) is 4.74 Å². The summed E-state index contributed by atoms with van der Waals surface area (Å²) >= 11 is 0.765. The van der Waals surface area contributed by atoms with Gasteiger partial charge in [0.25, 0.3) is 11.1 Å². The summed E-state index contributed by atoms with van der Waals surface area (Å²) in [4.78, 5) is 36.7. The van der Waals surface area contributed by atoms with Crippen LogP contribution in [0.1, 0.15) is 12.5 Å². The SMILES string of the molecule is COC(=O)[C@H](C)N1C(=O)S/C(=C/c2ccc(O)cc2)C1=O. The number of rotatable bonds is 3. The second-order valence-electron chi connectivity index (χ2n) is 4.34. The Morgan fingerprint density at radius 1 is 1.33 bits per heavy atom. The Kier molecular flexibility index (Phi) is 4.32. The summed E-state index contributed by atoms with van der Waals surface area (Å²) in [6.07, 6.45) is 1.54. The van der Waals surface area contributed by atoms with Gasteiger partial charge < -0.3 is 9.84 Å². The third-order valence-electron chi connectivity index (χ3n) is 2.94. The molecular weight excluding hydrogens is 294 g/mol. The molecule has 0 spiro atoms. The molecule has 1 aromatic carbocycles. The average Bonchev–Trinajstić information content (AvgIpc) is 2.74. The normalized spacial score (nSPS) is 18.2. The fraction of sp³-hybridized carbons (Fsp3) is 0.214. The maximum absolute atomic E-state index is 12.2. The zero-order chi connectivity index (χ0) is 15.6. The van der Waals surface area contributed by atoms with Crippen molar-refractivity contribution < 1.29 is 24.2 Å². The summed E-state index contributed by atoms with van der Waals surface area (Å²) in [7, 11) is 1.20. The van der Waals surface area contributed by atoms with Crippen LogP contribution >= 0.6 is 11.8 Å². The van der Waals surface area contributed by atoms with Gasteiger partial charge >= 0.3 is 5.97 Å². The molecule has 0 bridgehead atoms. The summed E-state index contributed by atoms with van der Waals surface area (Å²) in [5.74, 6) is -1.07. The van der Waals surface area contributed by atoms with E-state index in [4.69, 9.17) is 0 Å². The van der Waals surface area contributed by atoms with Crippen LogP contribution in [0.3, 0.4) is 0 Å². The molecule has 0 unspecified atom stereocenters. The first-order valence-corrected chi connectivity index (χ1v) is 6.89. The predicted molar refractivity (Wildman–Crippen MR) is 77.4 cm³/mol. The molecule has 1 fully saturated rings. The van der Waals surface area contributed by atoms with Gasteiger partial charge in [-0.2, -0.15) is 0 Å². The first kappa shape index (κ1) is 15.1. The summed E-state index contributed by atoms with van der Waals surface area (Å²) in [5, 5.41) is 8.70. The highest BCUT2D eigenvalue weighted by molar-refractivity contribution is 8.18. The zero-order valence-electron chi connectivity index (χ0n) is 11.4. The van der Waals surface area contributed by atoms with E-state index in [0.717, 1.165) is 16.7 Å². The van der Waals surface area contributed by atoms with Crippen LogP contribution in [0.4, 0.5) is 4.79 Å². The lowest BCUT2D eigenvalue weighted by atomic mass is 10.2. The van der Waals surface area contributed by atoms with Crippen molar-refractivity contribution in [3.8, 4) is 5.75 Å². The summed E-state index contributed by atoms with van der Waals surface area (Å²) in [6.45, 7) is 1.44. The Bertz CT molecular complexity index is 623. The smallest absolute Gasteiger partial charge is 0.328 e. The fourth-order valence-electron chi connectivity index (χ4n) is 1.81. The van der Waals surface area contributed by atoms with Gasteiger partial charge in [-0.1, -0.05) is 12.1 Å². The van der Waals surface area contributed by atoms with Gasteiger partial charge in [0.15, 0.2) is 0 Å². The monoisotopic (exact) mass is 307 g/mol.